The van der Waals surface area contributed by atoms with Crippen LogP contribution in [0.4, 0.5) is 10.2 Å². The van der Waals surface area contributed by atoms with Gasteiger partial charge in [-0.1, -0.05) is 13.0 Å². The van der Waals surface area contributed by atoms with E-state index < -0.39 is 5.60 Å². The molecule has 2 N–H and O–H groups in total. The van der Waals surface area contributed by atoms with Crippen molar-refractivity contribution in [2.75, 3.05) is 45.1 Å². The average molecular weight is 616 g/mol. The van der Waals surface area contributed by atoms with Crippen molar-refractivity contribution < 1.29 is 28.8 Å². The molecule has 7 rings (SSSR count). The molecule has 236 valence electrons. The van der Waals surface area contributed by atoms with Gasteiger partial charge in [0.05, 0.1) is 47.1 Å². The zero-order valence-electron chi connectivity index (χ0n) is 25.8. The Morgan fingerprint density at radius 2 is 1.89 bits per heavy atom. The minimum atomic E-state index is -0.871. The molecule has 1 aliphatic heterocycles. The van der Waals surface area contributed by atoms with E-state index in [2.05, 4.69) is 4.90 Å². The van der Waals surface area contributed by atoms with Gasteiger partial charge in [0.1, 0.15) is 17.4 Å². The molecule has 45 heavy (non-hydrogen) atoms. The Labute approximate surface area is 260 Å². The number of ether oxygens (including phenoxy) is 3. The Hall–Kier alpha value is -4.06. The summed E-state index contributed by atoms with van der Waals surface area (Å²) in [7, 11) is 1.56. The molecule has 3 aromatic heterocycles. The van der Waals surface area contributed by atoms with Gasteiger partial charge in [0, 0.05) is 31.2 Å². The highest BCUT2D eigenvalue weighted by molar-refractivity contribution is 6.06. The molecule has 2 aromatic carbocycles. The Morgan fingerprint density at radius 3 is 2.62 bits per heavy atom. The standard InChI is InChI=1S/C34H38FN5O5/c1-4-23-25(35)7-6-21-14-22(45-20-43-3)15-24(29(21)23)28-16-26-30(27-8-12-36-40(27)28)31(39-13-5-9-33(2,42)17-39)38-32(37-26)44-19-34(18-41)10-11-34/h6-8,12,14-16,41-42H,4-5,9-11,13,17-20H2,1-3H3/t33-/m1/s1. The minimum Gasteiger partial charge on any atom is -0.468 e. The van der Waals surface area contributed by atoms with E-state index >= 15 is 4.39 Å². The number of aliphatic hydroxyl groups excluding tert-OH is 1. The molecule has 4 heterocycles. The number of benzene rings is 2. The number of halogens is 1. The lowest BCUT2D eigenvalue weighted by atomic mass is 9.94. The molecule has 1 saturated carbocycles. The van der Waals surface area contributed by atoms with Gasteiger partial charge in [0.2, 0.25) is 0 Å². The summed E-state index contributed by atoms with van der Waals surface area (Å²) in [4.78, 5) is 11.9. The van der Waals surface area contributed by atoms with Crippen LogP contribution in [0.15, 0.2) is 42.6 Å². The van der Waals surface area contributed by atoms with Gasteiger partial charge in [-0.3, -0.25) is 0 Å². The summed E-state index contributed by atoms with van der Waals surface area (Å²) in [5.41, 5.74) is 2.32. The maximum absolute atomic E-state index is 15.3. The minimum absolute atomic E-state index is 0.0495. The number of hydrogen-bond acceptors (Lipinski definition) is 9. The van der Waals surface area contributed by atoms with Gasteiger partial charge in [0.15, 0.2) is 6.79 Å². The zero-order chi connectivity index (χ0) is 31.3. The fraction of sp³-hybridized carbons (Fsp3) is 0.441. The molecule has 0 bridgehead atoms. The van der Waals surface area contributed by atoms with E-state index in [0.717, 1.165) is 46.5 Å². The molecular weight excluding hydrogens is 577 g/mol. The van der Waals surface area contributed by atoms with E-state index in [-0.39, 0.29) is 30.6 Å². The van der Waals surface area contributed by atoms with E-state index in [9.17, 15) is 10.2 Å². The molecule has 1 atom stereocenters. The first-order valence-corrected chi connectivity index (χ1v) is 15.5. The Kier molecular flexibility index (Phi) is 7.50. The van der Waals surface area contributed by atoms with Crippen LogP contribution in [0.2, 0.25) is 0 Å². The second kappa shape index (κ2) is 11.4. The molecule has 1 aliphatic carbocycles. The van der Waals surface area contributed by atoms with Crippen molar-refractivity contribution in [3.63, 3.8) is 0 Å². The molecule has 0 spiro atoms. The molecule has 2 fully saturated rings. The monoisotopic (exact) mass is 615 g/mol. The predicted octanol–water partition coefficient (Wildman–Crippen LogP) is 5.28. The second-order valence-corrected chi connectivity index (χ2v) is 12.7. The number of fused-ring (bicyclic) bond motifs is 4. The van der Waals surface area contributed by atoms with Crippen LogP contribution in [0.25, 0.3) is 38.4 Å². The van der Waals surface area contributed by atoms with Gasteiger partial charge in [-0.15, -0.1) is 0 Å². The Balaban J connectivity index is 1.48. The number of nitrogens with zero attached hydrogens (tertiary/aromatic N) is 5. The molecule has 11 heteroatoms. The van der Waals surface area contributed by atoms with Gasteiger partial charge in [-0.05, 0) is 85.7 Å². The molecule has 2 aliphatic rings. The smallest absolute Gasteiger partial charge is 0.318 e. The van der Waals surface area contributed by atoms with Crippen LogP contribution in [0.5, 0.6) is 11.8 Å². The first kappa shape index (κ1) is 29.6. The van der Waals surface area contributed by atoms with Crippen LogP contribution in [0, 0.1) is 11.2 Å². The summed E-state index contributed by atoms with van der Waals surface area (Å²) in [5.74, 6) is 0.961. The van der Waals surface area contributed by atoms with Crippen molar-refractivity contribution in [1.82, 2.24) is 19.6 Å². The Morgan fingerprint density at radius 1 is 1.04 bits per heavy atom. The third kappa shape index (κ3) is 5.43. The summed E-state index contributed by atoms with van der Waals surface area (Å²) >= 11 is 0. The zero-order valence-corrected chi connectivity index (χ0v) is 25.8. The normalized spacial score (nSPS) is 19.5. The molecule has 5 aromatic rings. The van der Waals surface area contributed by atoms with Crippen molar-refractivity contribution in [1.29, 1.82) is 0 Å². The third-order valence-corrected chi connectivity index (χ3v) is 9.19. The first-order chi connectivity index (χ1) is 21.7. The number of β-amino-alcohol motifs (C(OH)–C–C–N with tert-alkyl or cyclic N) is 1. The fourth-order valence-electron chi connectivity index (χ4n) is 6.55. The van der Waals surface area contributed by atoms with Crippen molar-refractivity contribution >= 4 is 33.0 Å². The average Bonchev–Trinajstić information content (AvgIpc) is 3.66. The molecule has 0 radical (unpaired) electrons. The van der Waals surface area contributed by atoms with Crippen molar-refractivity contribution in [2.24, 2.45) is 5.41 Å². The van der Waals surface area contributed by atoms with E-state index in [1.807, 2.05) is 42.6 Å². The van der Waals surface area contributed by atoms with E-state index in [4.69, 9.17) is 29.3 Å². The third-order valence-electron chi connectivity index (χ3n) is 9.19. The van der Waals surface area contributed by atoms with Crippen LogP contribution in [0.1, 0.15) is 45.1 Å². The van der Waals surface area contributed by atoms with Gasteiger partial charge in [-0.2, -0.15) is 15.1 Å². The summed E-state index contributed by atoms with van der Waals surface area (Å²) < 4.78 is 34.3. The van der Waals surface area contributed by atoms with Crippen LogP contribution in [-0.4, -0.2) is 75.6 Å². The molecular formula is C34H38FN5O5. The number of aromatic nitrogens is 4. The molecule has 10 nitrogen and oxygen atoms in total. The maximum Gasteiger partial charge on any atom is 0.318 e. The first-order valence-electron chi connectivity index (χ1n) is 15.5. The summed E-state index contributed by atoms with van der Waals surface area (Å²) in [6, 6.07) is 11.1. The maximum atomic E-state index is 15.3. The topological polar surface area (TPSA) is 114 Å². The number of aliphatic hydroxyl groups is 2. The van der Waals surface area contributed by atoms with Gasteiger partial charge in [0.25, 0.3) is 0 Å². The number of aryl methyl sites for hydroxylation is 1. The highest BCUT2D eigenvalue weighted by atomic mass is 19.1. The number of rotatable bonds is 10. The van der Waals surface area contributed by atoms with Crippen LogP contribution >= 0.6 is 0 Å². The highest BCUT2D eigenvalue weighted by Crippen LogP contribution is 2.45. The summed E-state index contributed by atoms with van der Waals surface area (Å²) in [5, 5.41) is 28.0. The number of methoxy groups -OCH3 is 1. The summed E-state index contributed by atoms with van der Waals surface area (Å²) in [6.45, 7) is 5.34. The summed E-state index contributed by atoms with van der Waals surface area (Å²) in [6.07, 6.45) is 5.52. The van der Waals surface area contributed by atoms with Crippen LogP contribution in [0.3, 0.4) is 0 Å². The lowest BCUT2D eigenvalue weighted by Gasteiger charge is -2.38. The van der Waals surface area contributed by atoms with Crippen molar-refractivity contribution in [3.8, 4) is 23.0 Å². The molecule has 0 amide bonds. The molecule has 0 unspecified atom stereocenters. The number of anilines is 1. The van der Waals surface area contributed by atoms with Crippen LogP contribution in [-0.2, 0) is 11.2 Å². The number of hydrogen-bond donors (Lipinski definition) is 2. The van der Waals surface area contributed by atoms with Crippen molar-refractivity contribution in [3.05, 3.63) is 54.0 Å². The van der Waals surface area contributed by atoms with Crippen molar-refractivity contribution in [2.45, 2.75) is 51.6 Å². The van der Waals surface area contributed by atoms with Gasteiger partial charge < -0.3 is 29.3 Å². The van der Waals surface area contributed by atoms with Gasteiger partial charge >= 0.3 is 6.01 Å². The predicted molar refractivity (Wildman–Crippen MR) is 169 cm³/mol. The lowest BCUT2D eigenvalue weighted by molar-refractivity contribution is 0.0447. The quantitative estimate of drug-likeness (QED) is 0.203. The van der Waals surface area contributed by atoms with E-state index in [1.165, 1.54) is 6.07 Å². The lowest BCUT2D eigenvalue weighted by Crippen LogP contribution is -2.46. The Bertz CT molecular complexity index is 1900. The van der Waals surface area contributed by atoms with Gasteiger partial charge in [-0.25, -0.2) is 8.91 Å². The molecule has 1 saturated heterocycles. The number of piperidine rings is 1. The number of pyridine rings is 1. The van der Waals surface area contributed by atoms with Crippen LogP contribution < -0.4 is 14.4 Å². The second-order valence-electron chi connectivity index (χ2n) is 12.7. The largest absolute Gasteiger partial charge is 0.468 e. The fourth-order valence-corrected chi connectivity index (χ4v) is 6.55. The highest BCUT2D eigenvalue weighted by Gasteiger charge is 2.43. The van der Waals surface area contributed by atoms with E-state index in [1.54, 1.807) is 19.4 Å². The SMILES string of the molecule is CCc1c(F)ccc2cc(OCOC)cc(-c3cc4nc(OCC5(CO)CC5)nc(N5CCC[C@@](C)(O)C5)c4c4ccnn34)c12. The van der Waals surface area contributed by atoms with E-state index in [0.29, 0.717) is 60.9 Å².